The first-order valence-electron chi connectivity index (χ1n) is 13.9. The summed E-state index contributed by atoms with van der Waals surface area (Å²) in [6.07, 6.45) is -2.88. The number of rotatable bonds is 11. The van der Waals surface area contributed by atoms with Crippen LogP contribution in [0.1, 0.15) is 26.3 Å². The van der Waals surface area contributed by atoms with Crippen LogP contribution in [0.3, 0.4) is 0 Å². The molecule has 4 aromatic rings. The Morgan fingerprint density at radius 1 is 1.02 bits per heavy atom. The number of methoxy groups -OCH3 is 2. The van der Waals surface area contributed by atoms with E-state index in [0.29, 0.717) is 22.5 Å². The molecule has 0 spiro atoms. The predicted molar refractivity (Wildman–Crippen MR) is 163 cm³/mol. The van der Waals surface area contributed by atoms with Crippen molar-refractivity contribution >= 4 is 39.3 Å². The Morgan fingerprint density at radius 2 is 1.78 bits per heavy atom. The topological polar surface area (TPSA) is 112 Å². The SMILES string of the molecule is COCC(NCc1ccc(-c2cc3nccc(Oc4ccc(N(CC(F)(F)F)C(=O)OC)cc4F)c3s2)nc1)C(=O)OC(C)(C)C. The zero-order valence-electron chi connectivity index (χ0n) is 25.6. The molecule has 4 rings (SSSR count). The number of halogens is 4. The molecular formula is C31H32F4N4O6S. The fourth-order valence-electron chi connectivity index (χ4n) is 4.20. The van der Waals surface area contributed by atoms with E-state index in [0.717, 1.165) is 35.7 Å². The van der Waals surface area contributed by atoms with Crippen LogP contribution in [-0.2, 0) is 25.5 Å². The third-order valence-corrected chi connectivity index (χ3v) is 7.37. The number of hydrogen-bond donors (Lipinski definition) is 1. The Hall–Kier alpha value is -4.34. The molecule has 15 heteroatoms. The van der Waals surface area contributed by atoms with Gasteiger partial charge in [-0.25, -0.2) is 9.18 Å². The minimum atomic E-state index is -4.74. The van der Waals surface area contributed by atoms with Crippen molar-refractivity contribution in [3.05, 3.63) is 66.2 Å². The second-order valence-electron chi connectivity index (χ2n) is 11.0. The number of nitrogens with one attached hydrogen (secondary N) is 1. The van der Waals surface area contributed by atoms with Gasteiger partial charge in [0.15, 0.2) is 11.6 Å². The van der Waals surface area contributed by atoms with Crippen LogP contribution in [0.2, 0.25) is 0 Å². The summed E-state index contributed by atoms with van der Waals surface area (Å²) in [6.45, 7) is 4.19. The number of nitrogens with zero attached hydrogens (tertiary/aromatic N) is 3. The first-order chi connectivity index (χ1) is 21.7. The molecule has 3 heterocycles. The van der Waals surface area contributed by atoms with Gasteiger partial charge in [0.05, 0.1) is 40.2 Å². The second kappa shape index (κ2) is 14.4. The molecule has 0 saturated heterocycles. The van der Waals surface area contributed by atoms with Crippen molar-refractivity contribution in [2.24, 2.45) is 0 Å². The minimum absolute atomic E-state index is 0.137. The molecule has 0 saturated carbocycles. The number of carbonyl (C=O) groups is 2. The quantitative estimate of drug-likeness (QED) is 0.136. The molecule has 0 aliphatic carbocycles. The first kappa shape index (κ1) is 34.5. The van der Waals surface area contributed by atoms with E-state index in [2.05, 4.69) is 20.0 Å². The average molecular weight is 665 g/mol. The van der Waals surface area contributed by atoms with Gasteiger partial charge in [0.2, 0.25) is 0 Å². The highest BCUT2D eigenvalue weighted by atomic mass is 32.1. The number of amides is 1. The third-order valence-electron chi connectivity index (χ3n) is 6.21. The van der Waals surface area contributed by atoms with Crippen molar-refractivity contribution in [2.45, 2.75) is 45.1 Å². The standard InChI is InChI=1S/C31H32F4N4O6S/c1-30(2,3)45-28(40)23(16-42-4)38-15-18-6-8-21(37-14-18)26-13-22-27(46-26)25(10-11-36-22)44-24-9-7-19(12-20(24)32)39(29(41)43-5)17-31(33,34)35/h6-14,23,38H,15-17H2,1-5H3. The number of aromatic nitrogens is 2. The summed E-state index contributed by atoms with van der Waals surface area (Å²) in [4.78, 5) is 34.4. The maximum Gasteiger partial charge on any atom is 0.414 e. The number of thiophene rings is 1. The molecule has 1 amide bonds. The minimum Gasteiger partial charge on any atom is -0.459 e. The van der Waals surface area contributed by atoms with E-state index in [4.69, 9.17) is 14.2 Å². The largest absolute Gasteiger partial charge is 0.459 e. The van der Waals surface area contributed by atoms with E-state index in [1.54, 1.807) is 33.0 Å². The Morgan fingerprint density at radius 3 is 2.39 bits per heavy atom. The van der Waals surface area contributed by atoms with Crippen molar-refractivity contribution in [1.82, 2.24) is 15.3 Å². The summed E-state index contributed by atoms with van der Waals surface area (Å²) in [7, 11) is 2.43. The molecular weight excluding hydrogens is 632 g/mol. The molecule has 0 bridgehead atoms. The van der Waals surface area contributed by atoms with Gasteiger partial charge in [-0.3, -0.25) is 25.0 Å². The van der Waals surface area contributed by atoms with Gasteiger partial charge in [-0.05, 0) is 50.6 Å². The number of alkyl halides is 3. The number of benzene rings is 1. The lowest BCUT2D eigenvalue weighted by molar-refractivity contribution is -0.159. The lowest BCUT2D eigenvalue weighted by Crippen LogP contribution is -2.43. The zero-order valence-corrected chi connectivity index (χ0v) is 26.4. The van der Waals surface area contributed by atoms with Gasteiger partial charge in [0.1, 0.15) is 23.9 Å². The van der Waals surface area contributed by atoms with Crippen LogP contribution in [0.15, 0.2) is 54.9 Å². The van der Waals surface area contributed by atoms with Gasteiger partial charge in [-0.15, -0.1) is 11.3 Å². The van der Waals surface area contributed by atoms with E-state index in [-0.39, 0.29) is 28.7 Å². The highest BCUT2D eigenvalue weighted by molar-refractivity contribution is 7.22. The fourth-order valence-corrected chi connectivity index (χ4v) is 5.24. The summed E-state index contributed by atoms with van der Waals surface area (Å²) >= 11 is 1.30. The normalized spacial score (nSPS) is 12.5. The number of fused-ring (bicyclic) bond motifs is 1. The van der Waals surface area contributed by atoms with Crippen LogP contribution in [0.5, 0.6) is 11.5 Å². The molecule has 3 aromatic heterocycles. The molecule has 0 aliphatic heterocycles. The van der Waals surface area contributed by atoms with Crippen LogP contribution in [0.4, 0.5) is 28.0 Å². The molecule has 1 N–H and O–H groups in total. The average Bonchev–Trinajstić information content (AvgIpc) is 3.43. The maximum absolute atomic E-state index is 15.0. The summed E-state index contributed by atoms with van der Waals surface area (Å²) in [6, 6.07) is 9.37. The van der Waals surface area contributed by atoms with Gasteiger partial charge in [-0.1, -0.05) is 6.07 Å². The maximum atomic E-state index is 15.0. The van der Waals surface area contributed by atoms with Crippen LogP contribution >= 0.6 is 11.3 Å². The number of hydrogen-bond acceptors (Lipinski definition) is 10. The summed E-state index contributed by atoms with van der Waals surface area (Å²) in [5.74, 6) is -1.41. The molecule has 0 aliphatic rings. The van der Waals surface area contributed by atoms with Crippen molar-refractivity contribution in [2.75, 3.05) is 32.3 Å². The smallest absolute Gasteiger partial charge is 0.414 e. The van der Waals surface area contributed by atoms with E-state index >= 15 is 4.39 Å². The molecule has 246 valence electrons. The Balaban J connectivity index is 1.50. The van der Waals surface area contributed by atoms with Gasteiger partial charge in [0, 0.05) is 38.2 Å². The number of pyridine rings is 2. The number of esters is 1. The van der Waals surface area contributed by atoms with E-state index < -0.39 is 42.2 Å². The van der Waals surface area contributed by atoms with Gasteiger partial charge >= 0.3 is 18.2 Å². The Kier molecular flexibility index (Phi) is 10.8. The first-order valence-corrected chi connectivity index (χ1v) is 14.7. The molecule has 10 nitrogen and oxygen atoms in total. The predicted octanol–water partition coefficient (Wildman–Crippen LogP) is 6.87. The summed E-state index contributed by atoms with van der Waals surface area (Å²) in [5.41, 5.74) is 1.03. The van der Waals surface area contributed by atoms with Crippen LogP contribution < -0.4 is 15.0 Å². The van der Waals surface area contributed by atoms with Crippen LogP contribution in [0.25, 0.3) is 20.8 Å². The molecule has 0 fully saturated rings. The highest BCUT2D eigenvalue weighted by Crippen LogP contribution is 2.39. The molecule has 1 unspecified atom stereocenters. The van der Waals surface area contributed by atoms with Crippen molar-refractivity contribution in [3.63, 3.8) is 0 Å². The van der Waals surface area contributed by atoms with Crippen LogP contribution in [0, 0.1) is 5.82 Å². The molecule has 0 radical (unpaired) electrons. The van der Waals surface area contributed by atoms with Crippen molar-refractivity contribution in [3.8, 4) is 22.1 Å². The fraction of sp³-hybridized carbons (Fsp3) is 0.355. The molecule has 1 atom stereocenters. The number of anilines is 1. The van der Waals surface area contributed by atoms with Crippen molar-refractivity contribution < 1.29 is 46.1 Å². The van der Waals surface area contributed by atoms with E-state index in [1.165, 1.54) is 30.7 Å². The second-order valence-corrected chi connectivity index (χ2v) is 12.0. The third kappa shape index (κ3) is 9.11. The monoisotopic (exact) mass is 664 g/mol. The van der Waals surface area contributed by atoms with Gasteiger partial charge in [-0.2, -0.15) is 13.2 Å². The van der Waals surface area contributed by atoms with Crippen molar-refractivity contribution in [1.29, 1.82) is 0 Å². The Bertz CT molecular complexity index is 1670. The lowest BCUT2D eigenvalue weighted by atomic mass is 10.2. The summed E-state index contributed by atoms with van der Waals surface area (Å²) in [5, 5.41) is 3.13. The van der Waals surface area contributed by atoms with E-state index in [9.17, 15) is 22.8 Å². The zero-order chi connectivity index (χ0) is 33.6. The van der Waals surface area contributed by atoms with Crippen LogP contribution in [-0.4, -0.2) is 67.2 Å². The molecule has 1 aromatic carbocycles. The van der Waals surface area contributed by atoms with Gasteiger partial charge in [0.25, 0.3) is 0 Å². The Labute approximate surface area is 266 Å². The highest BCUT2D eigenvalue weighted by Gasteiger charge is 2.35. The number of ether oxygens (including phenoxy) is 4. The van der Waals surface area contributed by atoms with E-state index in [1.807, 2.05) is 12.1 Å². The summed E-state index contributed by atoms with van der Waals surface area (Å²) < 4.78 is 75.5. The number of carbonyl (C=O) groups excluding carboxylic acids is 2. The lowest BCUT2D eigenvalue weighted by Gasteiger charge is -2.24. The van der Waals surface area contributed by atoms with Gasteiger partial charge < -0.3 is 18.9 Å². The molecule has 46 heavy (non-hydrogen) atoms.